The SMILES string of the molecule is Cn1ncc2c1CCCC2NCc1ccc(F)c(Br)c1. The maximum atomic E-state index is 13.2. The van der Waals surface area contributed by atoms with Crippen molar-refractivity contribution in [3.05, 3.63) is 51.5 Å². The Morgan fingerprint density at radius 3 is 3.15 bits per heavy atom. The fourth-order valence-corrected chi connectivity index (χ4v) is 3.24. The lowest BCUT2D eigenvalue weighted by Gasteiger charge is -2.24. The Morgan fingerprint density at radius 1 is 1.50 bits per heavy atom. The molecule has 1 aliphatic carbocycles. The highest BCUT2D eigenvalue weighted by Gasteiger charge is 2.22. The largest absolute Gasteiger partial charge is 0.306 e. The molecule has 0 aliphatic heterocycles. The predicted molar refractivity (Wildman–Crippen MR) is 79.8 cm³/mol. The second-order valence-corrected chi connectivity index (χ2v) is 6.10. The quantitative estimate of drug-likeness (QED) is 0.929. The van der Waals surface area contributed by atoms with Gasteiger partial charge in [-0.2, -0.15) is 5.10 Å². The van der Waals surface area contributed by atoms with Gasteiger partial charge in [-0.25, -0.2) is 4.39 Å². The van der Waals surface area contributed by atoms with Gasteiger partial charge in [-0.3, -0.25) is 4.68 Å². The van der Waals surface area contributed by atoms with Gasteiger partial charge < -0.3 is 5.32 Å². The van der Waals surface area contributed by atoms with Crippen LogP contribution in [0.5, 0.6) is 0 Å². The van der Waals surface area contributed by atoms with Crippen LogP contribution in [0.3, 0.4) is 0 Å². The summed E-state index contributed by atoms with van der Waals surface area (Å²) in [5, 5.41) is 7.91. The van der Waals surface area contributed by atoms with E-state index >= 15 is 0 Å². The predicted octanol–water partition coefficient (Wildman–Crippen LogP) is 3.49. The summed E-state index contributed by atoms with van der Waals surface area (Å²) < 4.78 is 15.7. The summed E-state index contributed by atoms with van der Waals surface area (Å²) in [7, 11) is 2.00. The summed E-state index contributed by atoms with van der Waals surface area (Å²) in [6, 6.07) is 5.49. The number of hydrogen-bond donors (Lipinski definition) is 1. The van der Waals surface area contributed by atoms with E-state index < -0.39 is 0 Å². The van der Waals surface area contributed by atoms with E-state index in [1.165, 1.54) is 23.7 Å². The third-order valence-corrected chi connectivity index (χ3v) is 4.52. The van der Waals surface area contributed by atoms with Crippen LogP contribution in [0.15, 0.2) is 28.9 Å². The smallest absolute Gasteiger partial charge is 0.137 e. The highest BCUT2D eigenvalue weighted by atomic mass is 79.9. The average molecular weight is 338 g/mol. The van der Waals surface area contributed by atoms with Crippen LogP contribution in [-0.2, 0) is 20.0 Å². The molecule has 0 amide bonds. The minimum atomic E-state index is -0.221. The van der Waals surface area contributed by atoms with E-state index in [9.17, 15) is 4.39 Å². The Kier molecular flexibility index (Phi) is 3.89. The number of aryl methyl sites for hydroxylation is 1. The summed E-state index contributed by atoms with van der Waals surface area (Å²) in [6.07, 6.45) is 5.37. The fourth-order valence-electron chi connectivity index (χ4n) is 2.81. The molecule has 0 radical (unpaired) electrons. The number of halogens is 2. The molecule has 1 unspecified atom stereocenters. The number of nitrogens with zero attached hydrogens (tertiary/aromatic N) is 2. The van der Waals surface area contributed by atoms with E-state index in [-0.39, 0.29) is 5.82 Å². The van der Waals surface area contributed by atoms with Gasteiger partial charge in [0, 0.05) is 30.9 Å². The topological polar surface area (TPSA) is 29.9 Å². The Hall–Kier alpha value is -1.20. The van der Waals surface area contributed by atoms with Gasteiger partial charge in [0.25, 0.3) is 0 Å². The van der Waals surface area contributed by atoms with E-state index in [4.69, 9.17) is 0 Å². The molecule has 1 atom stereocenters. The van der Waals surface area contributed by atoms with Crippen molar-refractivity contribution < 1.29 is 4.39 Å². The van der Waals surface area contributed by atoms with Crippen LogP contribution in [0.2, 0.25) is 0 Å². The first kappa shape index (κ1) is 13.8. The van der Waals surface area contributed by atoms with Gasteiger partial charge in [-0.05, 0) is 52.9 Å². The van der Waals surface area contributed by atoms with Crippen LogP contribution in [0.1, 0.15) is 35.7 Å². The fraction of sp³-hybridized carbons (Fsp3) is 0.400. The molecule has 1 heterocycles. The van der Waals surface area contributed by atoms with Crippen LogP contribution in [0.25, 0.3) is 0 Å². The summed E-state index contributed by atoms with van der Waals surface area (Å²) in [5.41, 5.74) is 3.71. The molecular formula is C15H17BrFN3. The van der Waals surface area contributed by atoms with Crippen molar-refractivity contribution in [2.75, 3.05) is 0 Å². The number of rotatable bonds is 3. The molecule has 0 fully saturated rings. The number of benzene rings is 1. The molecule has 1 aliphatic rings. The number of hydrogen-bond acceptors (Lipinski definition) is 2. The van der Waals surface area contributed by atoms with E-state index in [1.807, 2.05) is 30.1 Å². The molecule has 0 bridgehead atoms. The molecule has 1 N–H and O–H groups in total. The van der Waals surface area contributed by atoms with Crippen molar-refractivity contribution in [3.8, 4) is 0 Å². The van der Waals surface area contributed by atoms with Gasteiger partial charge in [0.15, 0.2) is 0 Å². The lowest BCUT2D eigenvalue weighted by atomic mass is 9.93. The molecule has 20 heavy (non-hydrogen) atoms. The molecular weight excluding hydrogens is 321 g/mol. The van der Waals surface area contributed by atoms with Gasteiger partial charge in [0.05, 0.1) is 10.7 Å². The molecule has 1 aromatic heterocycles. The second kappa shape index (κ2) is 5.66. The number of aromatic nitrogens is 2. The minimum absolute atomic E-state index is 0.221. The van der Waals surface area contributed by atoms with Crippen LogP contribution in [0.4, 0.5) is 4.39 Å². The molecule has 5 heteroatoms. The van der Waals surface area contributed by atoms with E-state index in [2.05, 4.69) is 26.3 Å². The summed E-state index contributed by atoms with van der Waals surface area (Å²) in [4.78, 5) is 0. The first-order valence-corrected chi connectivity index (χ1v) is 7.62. The second-order valence-electron chi connectivity index (χ2n) is 5.24. The van der Waals surface area contributed by atoms with E-state index in [0.29, 0.717) is 10.5 Å². The summed E-state index contributed by atoms with van der Waals surface area (Å²) in [5.74, 6) is -0.221. The highest BCUT2D eigenvalue weighted by molar-refractivity contribution is 9.10. The van der Waals surface area contributed by atoms with Gasteiger partial charge in [0.1, 0.15) is 5.82 Å². The highest BCUT2D eigenvalue weighted by Crippen LogP contribution is 2.29. The van der Waals surface area contributed by atoms with E-state index in [0.717, 1.165) is 24.9 Å². The Labute approximate surface area is 126 Å². The van der Waals surface area contributed by atoms with Crippen LogP contribution < -0.4 is 5.32 Å². The summed E-state index contributed by atoms with van der Waals surface area (Å²) >= 11 is 3.23. The van der Waals surface area contributed by atoms with Crippen molar-refractivity contribution in [2.45, 2.75) is 31.8 Å². The normalized spacial score (nSPS) is 18.1. The third-order valence-electron chi connectivity index (χ3n) is 3.91. The molecule has 0 saturated carbocycles. The molecule has 0 saturated heterocycles. The zero-order valence-electron chi connectivity index (χ0n) is 11.4. The molecule has 1 aromatic carbocycles. The van der Waals surface area contributed by atoms with Crippen LogP contribution in [0, 0.1) is 5.82 Å². The van der Waals surface area contributed by atoms with Crippen molar-refractivity contribution in [1.29, 1.82) is 0 Å². The minimum Gasteiger partial charge on any atom is -0.306 e. The van der Waals surface area contributed by atoms with Crippen LogP contribution >= 0.6 is 15.9 Å². The molecule has 2 aromatic rings. The number of nitrogens with one attached hydrogen (secondary N) is 1. The molecule has 106 valence electrons. The van der Waals surface area contributed by atoms with E-state index in [1.54, 1.807) is 0 Å². The van der Waals surface area contributed by atoms with Gasteiger partial charge >= 0.3 is 0 Å². The Bertz CT molecular complexity index is 624. The average Bonchev–Trinajstić information content (AvgIpc) is 2.83. The van der Waals surface area contributed by atoms with Gasteiger partial charge in [-0.15, -0.1) is 0 Å². The maximum Gasteiger partial charge on any atom is 0.137 e. The zero-order valence-corrected chi connectivity index (χ0v) is 13.0. The molecule has 0 spiro atoms. The van der Waals surface area contributed by atoms with Crippen LogP contribution in [-0.4, -0.2) is 9.78 Å². The standard InChI is InChI=1S/C15H17BrFN3/c1-20-15-4-2-3-14(11(15)9-19-20)18-8-10-5-6-13(17)12(16)7-10/h5-7,9,14,18H,2-4,8H2,1H3. The first-order chi connectivity index (χ1) is 9.65. The molecule has 3 rings (SSSR count). The first-order valence-electron chi connectivity index (χ1n) is 6.83. The van der Waals surface area contributed by atoms with Crippen molar-refractivity contribution in [2.24, 2.45) is 7.05 Å². The van der Waals surface area contributed by atoms with Crippen molar-refractivity contribution in [1.82, 2.24) is 15.1 Å². The van der Waals surface area contributed by atoms with Gasteiger partial charge in [-0.1, -0.05) is 6.07 Å². The maximum absolute atomic E-state index is 13.2. The third kappa shape index (κ3) is 2.65. The lowest BCUT2D eigenvalue weighted by Crippen LogP contribution is -2.24. The van der Waals surface area contributed by atoms with Crippen molar-refractivity contribution >= 4 is 15.9 Å². The Balaban J connectivity index is 1.71. The number of fused-ring (bicyclic) bond motifs is 1. The Morgan fingerprint density at radius 2 is 2.35 bits per heavy atom. The van der Waals surface area contributed by atoms with Crippen molar-refractivity contribution in [3.63, 3.8) is 0 Å². The zero-order chi connectivity index (χ0) is 14.1. The molecule has 3 nitrogen and oxygen atoms in total. The van der Waals surface area contributed by atoms with Gasteiger partial charge in [0.2, 0.25) is 0 Å². The monoisotopic (exact) mass is 337 g/mol. The lowest BCUT2D eigenvalue weighted by molar-refractivity contribution is 0.451. The summed E-state index contributed by atoms with van der Waals surface area (Å²) in [6.45, 7) is 0.734.